The second kappa shape index (κ2) is 24.0. The van der Waals surface area contributed by atoms with E-state index in [-0.39, 0.29) is 36.0 Å². The Bertz CT molecular complexity index is 410. The fraction of sp³-hybridized carbons (Fsp3) is 0.833. The van der Waals surface area contributed by atoms with Gasteiger partial charge in [0.1, 0.15) is 0 Å². The van der Waals surface area contributed by atoms with Gasteiger partial charge in [-0.1, -0.05) is 96.1 Å². The fourth-order valence-corrected chi connectivity index (χ4v) is 3.51. The number of hydrogen-bond donors (Lipinski definition) is 1. The molecule has 5 heteroatoms. The largest absolute Gasteiger partial charge is 1.00 e. The molecule has 0 radical (unpaired) electrons. The van der Waals surface area contributed by atoms with Crippen LogP contribution in [0.2, 0.25) is 0 Å². The zero-order valence-corrected chi connectivity index (χ0v) is 21.1. The molecule has 0 aromatic carbocycles. The molecule has 0 aromatic rings. The van der Waals surface area contributed by atoms with Crippen molar-refractivity contribution < 1.29 is 49.4 Å². The van der Waals surface area contributed by atoms with Crippen molar-refractivity contribution in [2.75, 3.05) is 0 Å². The molecule has 0 saturated heterocycles. The second-order valence-electron chi connectivity index (χ2n) is 8.04. The molecule has 0 amide bonds. The predicted molar refractivity (Wildman–Crippen MR) is 114 cm³/mol. The summed E-state index contributed by atoms with van der Waals surface area (Å²) in [6.07, 6.45) is 24.5. The minimum absolute atomic E-state index is 0. The van der Waals surface area contributed by atoms with Crippen molar-refractivity contribution in [3.05, 3.63) is 12.2 Å². The predicted octanol–water partition coefficient (Wildman–Crippen LogP) is 3.04. The molecule has 0 aliphatic carbocycles. The van der Waals surface area contributed by atoms with Crippen LogP contribution in [0.3, 0.4) is 0 Å². The van der Waals surface area contributed by atoms with Crippen LogP contribution in [-0.2, 0) is 9.59 Å². The first kappa shape index (κ1) is 30.9. The van der Waals surface area contributed by atoms with E-state index < -0.39 is 17.9 Å². The van der Waals surface area contributed by atoms with E-state index in [1.165, 1.54) is 83.5 Å². The van der Waals surface area contributed by atoms with Crippen LogP contribution in [0.4, 0.5) is 0 Å². The molecule has 0 spiro atoms. The van der Waals surface area contributed by atoms with Crippen LogP contribution in [0.5, 0.6) is 0 Å². The van der Waals surface area contributed by atoms with Gasteiger partial charge in [0.15, 0.2) is 0 Å². The maximum Gasteiger partial charge on any atom is 1.00 e. The summed E-state index contributed by atoms with van der Waals surface area (Å²) in [7, 11) is 0. The van der Waals surface area contributed by atoms with E-state index >= 15 is 0 Å². The van der Waals surface area contributed by atoms with Gasteiger partial charge in [0.2, 0.25) is 0 Å². The van der Waals surface area contributed by atoms with Crippen LogP contribution in [0.15, 0.2) is 12.2 Å². The molecule has 4 nitrogen and oxygen atoms in total. The summed E-state index contributed by atoms with van der Waals surface area (Å²) in [5, 5.41) is 19.5. The van der Waals surface area contributed by atoms with Crippen LogP contribution in [0.1, 0.15) is 122 Å². The zero-order chi connectivity index (χ0) is 20.9. The van der Waals surface area contributed by atoms with E-state index in [0.717, 1.165) is 19.3 Å². The fourth-order valence-electron chi connectivity index (χ4n) is 3.51. The van der Waals surface area contributed by atoms with Gasteiger partial charge in [0, 0.05) is 12.4 Å². The van der Waals surface area contributed by atoms with Crippen LogP contribution < -0.4 is 34.7 Å². The van der Waals surface area contributed by atoms with Gasteiger partial charge in [-0.05, 0) is 32.1 Å². The van der Waals surface area contributed by atoms with Crippen molar-refractivity contribution in [2.24, 2.45) is 5.92 Å². The number of unbranched alkanes of at least 4 members (excludes halogenated alkanes) is 14. The second-order valence-corrected chi connectivity index (χ2v) is 8.04. The number of aliphatic carboxylic acids is 2. The normalized spacial score (nSPS) is 12.0. The molecule has 0 fully saturated rings. The molecule has 1 unspecified atom stereocenters. The standard InChI is InChI=1S/C24H44O4.Na/c1-2-3-4-5-6-7-8-9-10-11-12-13-14-15-16-17-18-19-20-22(24(27)28)21-23(25)26;/h6-7,22H,2-5,8-21H2,1H3,(H,25,26)(H,27,28);/q;+1/p-1/b7-6+;. The van der Waals surface area contributed by atoms with E-state index in [9.17, 15) is 14.7 Å². The van der Waals surface area contributed by atoms with Gasteiger partial charge >= 0.3 is 35.5 Å². The number of carbonyl (C=O) groups excluding carboxylic acids is 1. The van der Waals surface area contributed by atoms with E-state index in [0.29, 0.717) is 6.42 Å². The molecule has 1 N–H and O–H groups in total. The summed E-state index contributed by atoms with van der Waals surface area (Å²) in [4.78, 5) is 21.5. The summed E-state index contributed by atoms with van der Waals surface area (Å²) < 4.78 is 0. The molecular formula is C24H43NaO4. The molecule has 0 bridgehead atoms. The summed E-state index contributed by atoms with van der Waals surface area (Å²) >= 11 is 0. The van der Waals surface area contributed by atoms with Crippen molar-refractivity contribution in [2.45, 2.75) is 122 Å². The molecule has 1 atom stereocenters. The van der Waals surface area contributed by atoms with Crippen LogP contribution in [0.25, 0.3) is 0 Å². The summed E-state index contributed by atoms with van der Waals surface area (Å²) in [6, 6.07) is 0. The first-order valence-corrected chi connectivity index (χ1v) is 11.7. The third kappa shape index (κ3) is 23.8. The molecule has 29 heavy (non-hydrogen) atoms. The SMILES string of the molecule is CCCCC/C=C/CCCCCCCCCCCCCC(CC(=O)[O-])C(=O)O.[Na+]. The number of allylic oxidation sites excluding steroid dienone is 2. The number of carbonyl (C=O) groups is 2. The molecule has 0 heterocycles. The molecule has 0 aromatic heterocycles. The van der Waals surface area contributed by atoms with Crippen molar-refractivity contribution in [3.8, 4) is 0 Å². The molecule has 164 valence electrons. The third-order valence-corrected chi connectivity index (χ3v) is 5.33. The van der Waals surface area contributed by atoms with Gasteiger partial charge in [0.25, 0.3) is 0 Å². The van der Waals surface area contributed by atoms with Gasteiger partial charge in [-0.15, -0.1) is 0 Å². The molecule has 0 aliphatic heterocycles. The zero-order valence-electron chi connectivity index (χ0n) is 19.1. The van der Waals surface area contributed by atoms with Crippen LogP contribution in [-0.4, -0.2) is 17.0 Å². The van der Waals surface area contributed by atoms with Crippen LogP contribution >= 0.6 is 0 Å². The maximum absolute atomic E-state index is 11.0. The van der Waals surface area contributed by atoms with E-state index in [4.69, 9.17) is 5.11 Å². The van der Waals surface area contributed by atoms with Crippen molar-refractivity contribution in [1.82, 2.24) is 0 Å². The van der Waals surface area contributed by atoms with Crippen LogP contribution in [0, 0.1) is 5.92 Å². The van der Waals surface area contributed by atoms with Gasteiger partial charge in [-0.25, -0.2) is 0 Å². The smallest absolute Gasteiger partial charge is 0.550 e. The Hall–Kier alpha value is -0.320. The Morgan fingerprint density at radius 1 is 0.759 bits per heavy atom. The van der Waals surface area contributed by atoms with E-state index in [1.54, 1.807) is 0 Å². The van der Waals surface area contributed by atoms with Gasteiger partial charge in [0.05, 0.1) is 5.92 Å². The Morgan fingerprint density at radius 2 is 1.17 bits per heavy atom. The van der Waals surface area contributed by atoms with Crippen molar-refractivity contribution in [1.29, 1.82) is 0 Å². The minimum Gasteiger partial charge on any atom is -0.550 e. The number of carboxylic acid groups (broad SMARTS) is 2. The maximum atomic E-state index is 11.0. The van der Waals surface area contributed by atoms with Gasteiger partial charge in [-0.3, -0.25) is 4.79 Å². The summed E-state index contributed by atoms with van der Waals surface area (Å²) in [6.45, 7) is 2.24. The number of rotatable bonds is 21. The summed E-state index contributed by atoms with van der Waals surface area (Å²) in [5.74, 6) is -3.08. The number of carboxylic acids is 2. The van der Waals surface area contributed by atoms with E-state index in [1.807, 2.05) is 0 Å². The van der Waals surface area contributed by atoms with Crippen molar-refractivity contribution in [3.63, 3.8) is 0 Å². The first-order valence-electron chi connectivity index (χ1n) is 11.7. The van der Waals surface area contributed by atoms with Crippen molar-refractivity contribution >= 4 is 11.9 Å². The molecule has 0 rings (SSSR count). The average Bonchev–Trinajstić information content (AvgIpc) is 2.65. The summed E-state index contributed by atoms with van der Waals surface area (Å²) in [5.41, 5.74) is 0. The Morgan fingerprint density at radius 3 is 1.59 bits per heavy atom. The number of hydrogen-bond acceptors (Lipinski definition) is 3. The van der Waals surface area contributed by atoms with Gasteiger partial charge < -0.3 is 15.0 Å². The molecule has 0 saturated carbocycles. The average molecular weight is 419 g/mol. The Balaban J connectivity index is 0. The molecule has 0 aliphatic rings. The Kier molecular flexibility index (Phi) is 25.5. The minimum atomic E-state index is -1.27. The first-order chi connectivity index (χ1) is 13.6. The quantitative estimate of drug-likeness (QED) is 0.177. The van der Waals surface area contributed by atoms with E-state index in [2.05, 4.69) is 19.1 Å². The monoisotopic (exact) mass is 418 g/mol. The Labute approximate surface area is 201 Å². The van der Waals surface area contributed by atoms with Gasteiger partial charge in [-0.2, -0.15) is 0 Å². The molecular weight excluding hydrogens is 375 g/mol. The topological polar surface area (TPSA) is 77.4 Å². The third-order valence-electron chi connectivity index (χ3n) is 5.33.